The lowest BCUT2D eigenvalue weighted by molar-refractivity contribution is -0.122. The maximum atomic E-state index is 12.6. The van der Waals surface area contributed by atoms with Gasteiger partial charge in [-0.15, -0.1) is 5.11 Å². The summed E-state index contributed by atoms with van der Waals surface area (Å²) >= 11 is 0. The van der Waals surface area contributed by atoms with Gasteiger partial charge in [0.05, 0.1) is 5.69 Å². The highest BCUT2D eigenvalue weighted by molar-refractivity contribution is 7.90. The molecule has 10 heteroatoms. The van der Waals surface area contributed by atoms with Crippen LogP contribution in [0.3, 0.4) is 0 Å². The van der Waals surface area contributed by atoms with Crippen LogP contribution in [0.1, 0.15) is 37.3 Å². The molecule has 2 heterocycles. The van der Waals surface area contributed by atoms with Crippen LogP contribution >= 0.6 is 0 Å². The van der Waals surface area contributed by atoms with Crippen LogP contribution in [0.15, 0.2) is 38.5 Å². The van der Waals surface area contributed by atoms with Gasteiger partial charge in [0.2, 0.25) is 5.96 Å². The number of hydrogen-bond donors (Lipinski definition) is 1. The second kappa shape index (κ2) is 8.81. The molecular formula is C19H26N6O3S. The van der Waals surface area contributed by atoms with E-state index >= 15 is 0 Å². The molecule has 156 valence electrons. The van der Waals surface area contributed by atoms with Crippen LogP contribution < -0.4 is 5.32 Å². The van der Waals surface area contributed by atoms with Crippen molar-refractivity contribution in [2.75, 3.05) is 18.6 Å². The third kappa shape index (κ3) is 5.47. The number of nitrogens with one attached hydrogen (secondary N) is 1. The predicted molar refractivity (Wildman–Crippen MR) is 112 cm³/mol. The van der Waals surface area contributed by atoms with Gasteiger partial charge in [-0.2, -0.15) is 4.99 Å². The summed E-state index contributed by atoms with van der Waals surface area (Å²) in [5.74, 6) is 0.439. The van der Waals surface area contributed by atoms with Crippen LogP contribution in [0.5, 0.6) is 0 Å². The molecule has 0 saturated heterocycles. The van der Waals surface area contributed by atoms with Crippen LogP contribution in [0.4, 0.5) is 5.69 Å². The van der Waals surface area contributed by atoms with Crippen LogP contribution in [0.25, 0.3) is 0 Å². The number of benzene rings is 1. The van der Waals surface area contributed by atoms with Crippen molar-refractivity contribution in [2.24, 2.45) is 20.3 Å². The average Bonchev–Trinajstić information content (AvgIpc) is 3.05. The molecule has 0 spiro atoms. The van der Waals surface area contributed by atoms with Crippen LogP contribution in [-0.2, 0) is 21.1 Å². The van der Waals surface area contributed by atoms with Crippen LogP contribution in [0, 0.1) is 6.92 Å². The first-order chi connectivity index (χ1) is 13.8. The molecule has 1 aromatic rings. The van der Waals surface area contributed by atoms with Crippen molar-refractivity contribution in [1.82, 2.24) is 10.3 Å². The average molecular weight is 419 g/mol. The minimum absolute atomic E-state index is 0.170. The van der Waals surface area contributed by atoms with Gasteiger partial charge < -0.3 is 0 Å². The molecule has 0 radical (unpaired) electrons. The van der Waals surface area contributed by atoms with E-state index in [2.05, 4.69) is 39.5 Å². The summed E-state index contributed by atoms with van der Waals surface area (Å²) in [4.78, 5) is 21.4. The normalized spacial score (nSPS) is 20.0. The fourth-order valence-corrected chi connectivity index (χ4v) is 3.99. The predicted octanol–water partition coefficient (Wildman–Crippen LogP) is 2.34. The number of carbonyl (C=O) groups excluding carboxylic acids is 1. The Kier molecular flexibility index (Phi) is 6.41. The number of amidine groups is 1. The fraction of sp³-hybridized carbons (Fsp3) is 0.526. The lowest BCUT2D eigenvalue weighted by atomic mass is 10.1. The van der Waals surface area contributed by atoms with Gasteiger partial charge in [-0.25, -0.2) is 13.4 Å². The standard InChI is InChI=1S/C19H26N6O3S/c1-4-14-12-15(9-8-13(14)2)20-19-21-17-16(18(26)22-19)25(24-23-17)10-6-5-7-11-29(3,27)28/h8-9,12,16H,4-7,10-11H2,1-3H3,(H,20,22,26). The van der Waals surface area contributed by atoms with E-state index in [0.717, 1.165) is 24.9 Å². The zero-order valence-corrected chi connectivity index (χ0v) is 17.7. The highest BCUT2D eigenvalue weighted by Crippen LogP contribution is 2.21. The molecule has 1 aromatic carbocycles. The minimum Gasteiger partial charge on any atom is -0.292 e. The zero-order chi connectivity index (χ0) is 21.0. The summed E-state index contributed by atoms with van der Waals surface area (Å²) in [5, 5.41) is 12.4. The summed E-state index contributed by atoms with van der Waals surface area (Å²) in [6, 6.07) is 5.21. The summed E-state index contributed by atoms with van der Waals surface area (Å²) in [5.41, 5.74) is 3.12. The molecule has 1 unspecified atom stereocenters. The van der Waals surface area contributed by atoms with Crippen molar-refractivity contribution in [2.45, 2.75) is 45.6 Å². The van der Waals surface area contributed by atoms with Gasteiger partial charge in [0, 0.05) is 18.6 Å². The maximum Gasteiger partial charge on any atom is 0.259 e. The largest absolute Gasteiger partial charge is 0.292 e. The number of amides is 1. The number of aliphatic imine (C=N–C) groups is 2. The Morgan fingerprint density at radius 1 is 1.24 bits per heavy atom. The molecular weight excluding hydrogens is 392 g/mol. The Morgan fingerprint density at radius 3 is 2.76 bits per heavy atom. The van der Waals surface area contributed by atoms with Crippen molar-refractivity contribution in [3.8, 4) is 0 Å². The Morgan fingerprint density at radius 2 is 2.03 bits per heavy atom. The molecule has 2 aliphatic heterocycles. The first-order valence-electron chi connectivity index (χ1n) is 9.70. The quantitative estimate of drug-likeness (QED) is 0.652. The monoisotopic (exact) mass is 418 g/mol. The van der Waals surface area contributed by atoms with E-state index in [1.807, 2.05) is 18.2 Å². The Balaban J connectivity index is 1.63. The van der Waals surface area contributed by atoms with Gasteiger partial charge in [-0.1, -0.05) is 24.6 Å². The first-order valence-corrected chi connectivity index (χ1v) is 11.8. The van der Waals surface area contributed by atoms with Gasteiger partial charge >= 0.3 is 0 Å². The van der Waals surface area contributed by atoms with Crippen molar-refractivity contribution in [1.29, 1.82) is 0 Å². The lowest BCUT2D eigenvalue weighted by Gasteiger charge is -2.23. The van der Waals surface area contributed by atoms with Crippen molar-refractivity contribution < 1.29 is 13.2 Å². The van der Waals surface area contributed by atoms with Gasteiger partial charge in [-0.05, 0) is 49.4 Å². The van der Waals surface area contributed by atoms with E-state index in [0.29, 0.717) is 18.8 Å². The van der Waals surface area contributed by atoms with E-state index in [9.17, 15) is 13.2 Å². The van der Waals surface area contributed by atoms with Gasteiger partial charge in [-0.3, -0.25) is 15.1 Å². The molecule has 0 saturated carbocycles. The first kappa shape index (κ1) is 21.1. The minimum atomic E-state index is -2.94. The van der Waals surface area contributed by atoms with E-state index in [1.54, 1.807) is 5.01 Å². The van der Waals surface area contributed by atoms with Crippen LogP contribution in [0.2, 0.25) is 0 Å². The Labute approximate surface area is 170 Å². The number of nitrogens with zero attached hydrogens (tertiary/aromatic N) is 5. The van der Waals surface area contributed by atoms with Gasteiger partial charge in [0.1, 0.15) is 9.84 Å². The Hall–Kier alpha value is -2.62. The van der Waals surface area contributed by atoms with E-state index in [1.165, 1.54) is 17.4 Å². The zero-order valence-electron chi connectivity index (χ0n) is 16.9. The number of guanidine groups is 1. The second-order valence-electron chi connectivity index (χ2n) is 7.30. The van der Waals surface area contributed by atoms with Crippen molar-refractivity contribution >= 4 is 33.2 Å². The molecule has 2 aliphatic rings. The number of aryl methyl sites for hydroxylation is 2. The third-order valence-corrected chi connectivity index (χ3v) is 5.89. The fourth-order valence-electron chi connectivity index (χ4n) is 3.27. The summed E-state index contributed by atoms with van der Waals surface area (Å²) in [6.07, 6.45) is 4.18. The smallest absolute Gasteiger partial charge is 0.259 e. The summed E-state index contributed by atoms with van der Waals surface area (Å²) in [6.45, 7) is 4.65. The van der Waals surface area contributed by atoms with Crippen molar-refractivity contribution in [3.05, 3.63) is 29.3 Å². The molecule has 3 rings (SSSR count). The van der Waals surface area contributed by atoms with E-state index in [4.69, 9.17) is 0 Å². The highest BCUT2D eigenvalue weighted by Gasteiger charge is 2.39. The lowest BCUT2D eigenvalue weighted by Crippen LogP contribution is -2.51. The number of hydrogen-bond acceptors (Lipinski definition) is 7. The molecule has 0 fully saturated rings. The Bertz CT molecular complexity index is 984. The molecule has 0 bridgehead atoms. The molecule has 0 aromatic heterocycles. The van der Waals surface area contributed by atoms with Crippen LogP contribution in [-0.4, -0.2) is 55.7 Å². The number of carbonyl (C=O) groups is 1. The molecule has 1 amide bonds. The van der Waals surface area contributed by atoms with E-state index in [-0.39, 0.29) is 17.6 Å². The summed E-state index contributed by atoms with van der Waals surface area (Å²) in [7, 11) is -2.94. The molecule has 0 aliphatic carbocycles. The maximum absolute atomic E-state index is 12.6. The SMILES string of the molecule is CCc1cc(N=C2N=C3N=NN(CCCCCS(C)(=O)=O)C3C(=O)N2)ccc1C. The summed E-state index contributed by atoms with van der Waals surface area (Å²) < 4.78 is 22.3. The topological polar surface area (TPSA) is 116 Å². The molecule has 1 N–H and O–H groups in total. The van der Waals surface area contributed by atoms with Gasteiger partial charge in [0.25, 0.3) is 5.91 Å². The second-order valence-corrected chi connectivity index (χ2v) is 9.56. The third-order valence-electron chi connectivity index (χ3n) is 4.86. The molecule has 1 atom stereocenters. The van der Waals surface area contributed by atoms with Crippen molar-refractivity contribution in [3.63, 3.8) is 0 Å². The number of sulfone groups is 1. The number of fused-ring (bicyclic) bond motifs is 1. The molecule has 9 nitrogen and oxygen atoms in total. The molecule has 29 heavy (non-hydrogen) atoms. The number of rotatable bonds is 8. The highest BCUT2D eigenvalue weighted by atomic mass is 32.2. The van der Waals surface area contributed by atoms with Gasteiger partial charge in [0.15, 0.2) is 11.9 Å². The van der Waals surface area contributed by atoms with E-state index < -0.39 is 15.9 Å². The number of unbranched alkanes of at least 4 members (excludes halogenated alkanes) is 2.